The van der Waals surface area contributed by atoms with E-state index in [1.54, 1.807) is 24.3 Å². The molecule has 0 amide bonds. The largest absolute Gasteiger partial charge is 0.478 e. The molecule has 2 rings (SSSR count). The van der Waals surface area contributed by atoms with Crippen LogP contribution in [-0.2, 0) is 0 Å². The summed E-state index contributed by atoms with van der Waals surface area (Å²) in [5.41, 5.74) is 5.93. The van der Waals surface area contributed by atoms with Crippen LogP contribution < -0.4 is 11.1 Å². The zero-order chi connectivity index (χ0) is 14.7. The monoisotopic (exact) mass is 271 g/mol. The third-order valence-electron chi connectivity index (χ3n) is 2.70. The third-order valence-corrected chi connectivity index (χ3v) is 2.70. The van der Waals surface area contributed by atoms with Crippen molar-refractivity contribution in [1.82, 2.24) is 0 Å². The van der Waals surface area contributed by atoms with Crippen LogP contribution in [0.2, 0.25) is 0 Å². The van der Waals surface area contributed by atoms with E-state index in [0.717, 1.165) is 6.07 Å². The Bertz CT molecular complexity index is 706. The van der Waals surface area contributed by atoms with E-state index in [9.17, 15) is 9.18 Å². The van der Waals surface area contributed by atoms with Crippen LogP contribution in [0.5, 0.6) is 0 Å². The van der Waals surface area contributed by atoms with Crippen molar-refractivity contribution in [2.75, 3.05) is 11.1 Å². The summed E-state index contributed by atoms with van der Waals surface area (Å²) in [4.78, 5) is 11.2. The number of anilines is 3. The second kappa shape index (κ2) is 5.28. The Hall–Kier alpha value is -3.07. The van der Waals surface area contributed by atoms with Crippen molar-refractivity contribution in [3.8, 4) is 6.07 Å². The third kappa shape index (κ3) is 2.52. The molecule has 5 nitrogen and oxygen atoms in total. The van der Waals surface area contributed by atoms with Gasteiger partial charge in [-0.05, 0) is 36.4 Å². The topological polar surface area (TPSA) is 99.1 Å². The van der Waals surface area contributed by atoms with Crippen LogP contribution in [-0.4, -0.2) is 11.1 Å². The highest BCUT2D eigenvalue weighted by Crippen LogP contribution is 2.28. The van der Waals surface area contributed by atoms with E-state index in [0.29, 0.717) is 11.3 Å². The van der Waals surface area contributed by atoms with Gasteiger partial charge < -0.3 is 16.2 Å². The minimum atomic E-state index is -1.32. The molecule has 0 fully saturated rings. The Kier molecular flexibility index (Phi) is 3.53. The van der Waals surface area contributed by atoms with Crippen LogP contribution in [0.1, 0.15) is 15.9 Å². The van der Waals surface area contributed by atoms with Crippen molar-refractivity contribution < 1.29 is 14.3 Å². The number of nitriles is 1. The number of benzene rings is 2. The summed E-state index contributed by atoms with van der Waals surface area (Å²) in [5.74, 6) is -2.11. The molecule has 100 valence electrons. The first-order valence-corrected chi connectivity index (χ1v) is 5.61. The molecule has 2 aromatic carbocycles. The first-order chi connectivity index (χ1) is 9.52. The van der Waals surface area contributed by atoms with Crippen molar-refractivity contribution in [2.24, 2.45) is 0 Å². The molecule has 0 atom stereocenters. The maximum absolute atomic E-state index is 13.3. The highest BCUT2D eigenvalue weighted by molar-refractivity contribution is 6.00. The number of aromatic carboxylic acids is 1. The molecule has 0 unspecified atom stereocenters. The lowest BCUT2D eigenvalue weighted by atomic mass is 10.1. The van der Waals surface area contributed by atoms with Crippen molar-refractivity contribution in [2.45, 2.75) is 0 Å². The van der Waals surface area contributed by atoms with Crippen LogP contribution in [0.3, 0.4) is 0 Å². The first kappa shape index (κ1) is 13.4. The van der Waals surface area contributed by atoms with Crippen LogP contribution in [0.25, 0.3) is 0 Å². The highest BCUT2D eigenvalue weighted by Gasteiger charge is 2.17. The van der Waals surface area contributed by atoms with Gasteiger partial charge in [-0.2, -0.15) is 5.26 Å². The van der Waals surface area contributed by atoms with E-state index < -0.39 is 17.5 Å². The normalized spacial score (nSPS) is 9.80. The summed E-state index contributed by atoms with van der Waals surface area (Å²) in [5, 5.41) is 20.6. The van der Waals surface area contributed by atoms with Crippen molar-refractivity contribution in [3.63, 3.8) is 0 Å². The number of hydrogen-bond acceptors (Lipinski definition) is 4. The summed E-state index contributed by atoms with van der Waals surface area (Å²) in [7, 11) is 0. The first-order valence-electron chi connectivity index (χ1n) is 5.61. The Labute approximate surface area is 114 Å². The van der Waals surface area contributed by atoms with E-state index in [1.165, 1.54) is 6.07 Å². The quantitative estimate of drug-likeness (QED) is 0.745. The minimum Gasteiger partial charge on any atom is -0.478 e. The fraction of sp³-hybridized carbons (Fsp3) is 0. The molecule has 20 heavy (non-hydrogen) atoms. The average molecular weight is 271 g/mol. The van der Waals surface area contributed by atoms with Gasteiger partial charge in [-0.25, -0.2) is 9.18 Å². The number of nitrogens with one attached hydrogen (secondary N) is 1. The summed E-state index contributed by atoms with van der Waals surface area (Å²) in [6.07, 6.45) is 0. The summed E-state index contributed by atoms with van der Waals surface area (Å²) >= 11 is 0. The average Bonchev–Trinajstić information content (AvgIpc) is 2.43. The van der Waals surface area contributed by atoms with Gasteiger partial charge in [-0.3, -0.25) is 0 Å². The number of rotatable bonds is 3. The van der Waals surface area contributed by atoms with E-state index in [1.807, 2.05) is 6.07 Å². The summed E-state index contributed by atoms with van der Waals surface area (Å²) in [6.45, 7) is 0. The number of nitrogens with zero attached hydrogens (tertiary/aromatic N) is 1. The predicted molar refractivity (Wildman–Crippen MR) is 72.2 cm³/mol. The van der Waals surface area contributed by atoms with E-state index >= 15 is 0 Å². The van der Waals surface area contributed by atoms with Gasteiger partial charge in [0.15, 0.2) is 0 Å². The van der Waals surface area contributed by atoms with Gasteiger partial charge in [-0.15, -0.1) is 0 Å². The lowest BCUT2D eigenvalue weighted by Crippen LogP contribution is -2.08. The fourth-order valence-corrected chi connectivity index (χ4v) is 1.71. The molecular weight excluding hydrogens is 261 g/mol. The lowest BCUT2D eigenvalue weighted by Gasteiger charge is -2.12. The zero-order valence-electron chi connectivity index (χ0n) is 10.2. The maximum Gasteiger partial charge on any atom is 0.340 e. The van der Waals surface area contributed by atoms with Gasteiger partial charge in [0.05, 0.1) is 23.0 Å². The molecule has 0 heterocycles. The molecule has 0 aliphatic heterocycles. The van der Waals surface area contributed by atoms with Gasteiger partial charge in [-0.1, -0.05) is 0 Å². The van der Waals surface area contributed by atoms with Crippen LogP contribution in [0.15, 0.2) is 36.4 Å². The molecule has 0 aromatic heterocycles. The highest BCUT2D eigenvalue weighted by atomic mass is 19.1. The Balaban J connectivity index is 2.40. The molecular formula is C14H10FN3O2. The summed E-state index contributed by atoms with van der Waals surface area (Å²) < 4.78 is 13.3. The molecule has 0 aliphatic rings. The van der Waals surface area contributed by atoms with Crippen LogP contribution >= 0.6 is 0 Å². The van der Waals surface area contributed by atoms with Crippen molar-refractivity contribution in [1.29, 1.82) is 5.26 Å². The molecule has 4 N–H and O–H groups in total. The van der Waals surface area contributed by atoms with Gasteiger partial charge in [0.1, 0.15) is 11.4 Å². The maximum atomic E-state index is 13.3. The Morgan fingerprint density at radius 3 is 2.45 bits per heavy atom. The molecule has 2 aromatic rings. The SMILES string of the molecule is N#Cc1ccc(Nc2ccc(F)c(N)c2C(=O)O)cc1. The van der Waals surface area contributed by atoms with Crippen molar-refractivity contribution in [3.05, 3.63) is 53.3 Å². The van der Waals surface area contributed by atoms with Gasteiger partial charge in [0.2, 0.25) is 0 Å². The Morgan fingerprint density at radius 1 is 1.25 bits per heavy atom. The smallest absolute Gasteiger partial charge is 0.340 e. The summed E-state index contributed by atoms with van der Waals surface area (Å²) in [6, 6.07) is 10.8. The number of nitrogen functional groups attached to an aromatic ring is 1. The molecule has 0 spiro atoms. The van der Waals surface area contributed by atoms with Gasteiger partial charge in [0, 0.05) is 5.69 Å². The molecule has 0 saturated heterocycles. The number of carboxylic acid groups (broad SMARTS) is 1. The molecule has 0 saturated carbocycles. The van der Waals surface area contributed by atoms with E-state index in [4.69, 9.17) is 16.1 Å². The molecule has 0 aliphatic carbocycles. The number of halogens is 1. The van der Waals surface area contributed by atoms with Crippen LogP contribution in [0.4, 0.5) is 21.5 Å². The minimum absolute atomic E-state index is 0.182. The number of carboxylic acids is 1. The van der Waals surface area contributed by atoms with E-state index in [-0.39, 0.29) is 11.3 Å². The standard InChI is InChI=1S/C14H10FN3O2/c15-10-5-6-11(12(13(10)17)14(19)20)18-9-3-1-8(7-16)2-4-9/h1-6,18H,17H2,(H,19,20). The predicted octanol–water partition coefficient (Wildman–Crippen LogP) is 2.72. The Morgan fingerprint density at radius 2 is 1.90 bits per heavy atom. The van der Waals surface area contributed by atoms with Gasteiger partial charge in [0.25, 0.3) is 0 Å². The lowest BCUT2D eigenvalue weighted by molar-refractivity contribution is 0.0698. The van der Waals surface area contributed by atoms with Crippen molar-refractivity contribution >= 4 is 23.0 Å². The van der Waals surface area contributed by atoms with E-state index in [2.05, 4.69) is 5.32 Å². The van der Waals surface area contributed by atoms with Gasteiger partial charge >= 0.3 is 5.97 Å². The molecule has 6 heteroatoms. The zero-order valence-corrected chi connectivity index (χ0v) is 10.2. The fourth-order valence-electron chi connectivity index (χ4n) is 1.71. The molecule has 0 bridgehead atoms. The second-order valence-electron chi connectivity index (χ2n) is 4.00. The second-order valence-corrected chi connectivity index (χ2v) is 4.00. The van der Waals surface area contributed by atoms with Crippen LogP contribution in [0, 0.1) is 17.1 Å². The number of nitrogens with two attached hydrogens (primary N) is 1. The number of hydrogen-bond donors (Lipinski definition) is 3. The molecule has 0 radical (unpaired) electrons. The number of carbonyl (C=O) groups is 1.